The maximum Gasteiger partial charge on any atom is 0.252 e. The lowest BCUT2D eigenvalue weighted by molar-refractivity contribution is 0.0953. The van der Waals surface area contributed by atoms with Crippen LogP contribution < -0.4 is 5.32 Å². The van der Waals surface area contributed by atoms with Crippen LogP contribution in [-0.4, -0.2) is 22.4 Å². The van der Waals surface area contributed by atoms with Gasteiger partial charge in [0.15, 0.2) is 0 Å². The van der Waals surface area contributed by atoms with Gasteiger partial charge in [0.05, 0.1) is 16.6 Å². The predicted octanol–water partition coefficient (Wildman–Crippen LogP) is 3.48. The highest BCUT2D eigenvalue weighted by Gasteiger charge is 2.19. The number of nitrogens with one attached hydrogen (secondary N) is 2. The number of carbonyl (C=O) groups is 1. The Labute approximate surface area is 138 Å². The van der Waals surface area contributed by atoms with Crippen LogP contribution in [0.2, 0.25) is 0 Å². The van der Waals surface area contributed by atoms with Crippen molar-refractivity contribution in [2.75, 3.05) is 6.54 Å². The highest BCUT2D eigenvalue weighted by atomic mass is 32.1. The molecule has 0 spiro atoms. The molecule has 0 saturated heterocycles. The lowest BCUT2D eigenvalue weighted by Crippen LogP contribution is -2.26. The Kier molecular flexibility index (Phi) is 3.87. The Balaban J connectivity index is 1.39. The Morgan fingerprint density at radius 2 is 2.13 bits per heavy atom. The monoisotopic (exact) mass is 325 g/mol. The van der Waals surface area contributed by atoms with E-state index in [2.05, 4.69) is 15.3 Å². The summed E-state index contributed by atoms with van der Waals surface area (Å²) in [6, 6.07) is 7.98. The van der Waals surface area contributed by atoms with E-state index in [1.807, 2.05) is 29.6 Å². The normalized spacial score (nSPS) is 13.9. The minimum Gasteiger partial charge on any atom is -0.352 e. The zero-order valence-electron chi connectivity index (χ0n) is 12.9. The number of aromatic amines is 1. The van der Waals surface area contributed by atoms with Gasteiger partial charge in [-0.2, -0.15) is 0 Å². The molecule has 0 saturated carbocycles. The number of imidazole rings is 1. The summed E-state index contributed by atoms with van der Waals surface area (Å²) in [6.45, 7) is 0.600. The molecule has 0 aliphatic heterocycles. The number of para-hydroxylation sites is 2. The second-order valence-electron chi connectivity index (χ2n) is 5.96. The molecule has 0 bridgehead atoms. The van der Waals surface area contributed by atoms with E-state index in [1.54, 1.807) is 11.3 Å². The molecule has 2 N–H and O–H groups in total. The third-order valence-electron chi connectivity index (χ3n) is 4.39. The van der Waals surface area contributed by atoms with E-state index in [0.717, 1.165) is 35.3 Å². The second-order valence-corrected chi connectivity index (χ2v) is 6.93. The van der Waals surface area contributed by atoms with Gasteiger partial charge in [-0.15, -0.1) is 11.3 Å². The second kappa shape index (κ2) is 6.16. The van der Waals surface area contributed by atoms with Crippen LogP contribution in [0, 0.1) is 0 Å². The molecule has 3 aromatic rings. The minimum atomic E-state index is 0.0560. The molecule has 2 heterocycles. The van der Waals surface area contributed by atoms with Crippen LogP contribution in [0.4, 0.5) is 0 Å². The summed E-state index contributed by atoms with van der Waals surface area (Å²) >= 11 is 1.73. The van der Waals surface area contributed by atoms with Crippen molar-refractivity contribution < 1.29 is 4.79 Å². The topological polar surface area (TPSA) is 57.8 Å². The van der Waals surface area contributed by atoms with E-state index in [1.165, 1.54) is 23.3 Å². The van der Waals surface area contributed by atoms with Gasteiger partial charge in [-0.25, -0.2) is 4.98 Å². The maximum absolute atomic E-state index is 12.4. The van der Waals surface area contributed by atoms with Gasteiger partial charge in [0.1, 0.15) is 5.82 Å². The zero-order valence-corrected chi connectivity index (χ0v) is 13.7. The number of aryl methyl sites for hydroxylation is 1. The molecule has 1 amide bonds. The number of carbonyl (C=O) groups excluding carboxylic acids is 1. The number of rotatable bonds is 4. The van der Waals surface area contributed by atoms with Gasteiger partial charge in [-0.1, -0.05) is 12.1 Å². The van der Waals surface area contributed by atoms with E-state index >= 15 is 0 Å². The van der Waals surface area contributed by atoms with Crippen molar-refractivity contribution in [3.63, 3.8) is 0 Å². The molecule has 1 aliphatic carbocycles. The van der Waals surface area contributed by atoms with Gasteiger partial charge >= 0.3 is 0 Å². The van der Waals surface area contributed by atoms with Gasteiger partial charge < -0.3 is 10.3 Å². The largest absolute Gasteiger partial charge is 0.352 e. The van der Waals surface area contributed by atoms with Gasteiger partial charge in [0, 0.05) is 23.2 Å². The molecule has 4 nitrogen and oxygen atoms in total. The lowest BCUT2D eigenvalue weighted by Gasteiger charge is -2.12. The summed E-state index contributed by atoms with van der Waals surface area (Å²) < 4.78 is 0. The van der Waals surface area contributed by atoms with E-state index < -0.39 is 0 Å². The number of hydrogen-bond acceptors (Lipinski definition) is 3. The van der Waals surface area contributed by atoms with Gasteiger partial charge in [0.25, 0.3) is 5.91 Å². The summed E-state index contributed by atoms with van der Waals surface area (Å²) in [5.74, 6) is 0.972. The molecule has 1 aliphatic rings. The molecule has 0 unspecified atom stereocenters. The maximum atomic E-state index is 12.4. The van der Waals surface area contributed by atoms with Crippen molar-refractivity contribution in [1.82, 2.24) is 15.3 Å². The van der Waals surface area contributed by atoms with Gasteiger partial charge in [0.2, 0.25) is 0 Å². The first-order valence-corrected chi connectivity index (χ1v) is 9.00. The minimum absolute atomic E-state index is 0.0560. The number of nitrogens with zero attached hydrogens (tertiary/aromatic N) is 1. The number of amides is 1. The lowest BCUT2D eigenvalue weighted by atomic mass is 9.96. The molecule has 1 aromatic carbocycles. The average molecular weight is 325 g/mol. The smallest absolute Gasteiger partial charge is 0.252 e. The molecule has 0 radical (unpaired) electrons. The Morgan fingerprint density at radius 1 is 1.26 bits per heavy atom. The van der Waals surface area contributed by atoms with Crippen LogP contribution in [0.15, 0.2) is 29.6 Å². The van der Waals surface area contributed by atoms with Gasteiger partial charge in [-0.3, -0.25) is 4.79 Å². The Bertz CT molecular complexity index is 816. The fourth-order valence-corrected chi connectivity index (χ4v) is 4.32. The third-order valence-corrected chi connectivity index (χ3v) is 5.48. The quantitative estimate of drug-likeness (QED) is 0.771. The standard InChI is InChI=1S/C18H19N3OS/c22-18(13-11-23-16-8-4-1-5-12(13)16)19-10-9-17-20-14-6-2-3-7-15(14)21-17/h2-3,6-7,11H,1,4-5,8-10H2,(H,19,22)(H,20,21). The molecular formula is C18H19N3OS. The zero-order chi connectivity index (χ0) is 15.6. The van der Waals surface area contributed by atoms with E-state index in [-0.39, 0.29) is 5.91 Å². The van der Waals surface area contributed by atoms with Crippen molar-refractivity contribution in [2.24, 2.45) is 0 Å². The molecule has 5 heteroatoms. The number of benzene rings is 1. The van der Waals surface area contributed by atoms with Crippen LogP contribution in [0.1, 0.15) is 39.5 Å². The fourth-order valence-electron chi connectivity index (χ4n) is 3.20. The van der Waals surface area contributed by atoms with E-state index in [0.29, 0.717) is 13.0 Å². The number of fused-ring (bicyclic) bond motifs is 2. The highest BCUT2D eigenvalue weighted by molar-refractivity contribution is 7.10. The van der Waals surface area contributed by atoms with Gasteiger partial charge in [-0.05, 0) is 43.4 Å². The summed E-state index contributed by atoms with van der Waals surface area (Å²) in [7, 11) is 0. The van der Waals surface area contributed by atoms with Crippen LogP contribution in [0.3, 0.4) is 0 Å². The third kappa shape index (κ3) is 2.88. The summed E-state index contributed by atoms with van der Waals surface area (Å²) in [6.07, 6.45) is 5.34. The number of thiophene rings is 1. The molecule has 118 valence electrons. The Hall–Kier alpha value is -2.14. The summed E-state index contributed by atoms with van der Waals surface area (Å²) in [5.41, 5.74) is 4.18. The fraction of sp³-hybridized carbons (Fsp3) is 0.333. The van der Waals surface area contributed by atoms with Crippen molar-refractivity contribution >= 4 is 28.3 Å². The Morgan fingerprint density at radius 3 is 3.04 bits per heavy atom. The first-order chi connectivity index (χ1) is 11.3. The highest BCUT2D eigenvalue weighted by Crippen LogP contribution is 2.30. The van der Waals surface area contributed by atoms with Crippen LogP contribution in [0.5, 0.6) is 0 Å². The SMILES string of the molecule is O=C(NCCc1nc2ccccc2[nH]1)c1csc2c1CCCC2. The molecular weight excluding hydrogens is 306 g/mol. The average Bonchev–Trinajstić information content (AvgIpc) is 3.18. The predicted molar refractivity (Wildman–Crippen MR) is 93.1 cm³/mol. The molecule has 0 atom stereocenters. The number of hydrogen-bond donors (Lipinski definition) is 2. The van der Waals surface area contributed by atoms with Crippen molar-refractivity contribution in [3.8, 4) is 0 Å². The van der Waals surface area contributed by atoms with E-state index in [9.17, 15) is 4.79 Å². The van der Waals surface area contributed by atoms with Crippen LogP contribution in [-0.2, 0) is 19.3 Å². The van der Waals surface area contributed by atoms with Crippen LogP contribution >= 0.6 is 11.3 Å². The molecule has 2 aromatic heterocycles. The molecule has 4 rings (SSSR count). The first-order valence-electron chi connectivity index (χ1n) is 8.12. The van der Waals surface area contributed by atoms with Crippen molar-refractivity contribution in [2.45, 2.75) is 32.1 Å². The van der Waals surface area contributed by atoms with E-state index in [4.69, 9.17) is 0 Å². The van der Waals surface area contributed by atoms with Crippen molar-refractivity contribution in [3.05, 3.63) is 51.5 Å². The summed E-state index contributed by atoms with van der Waals surface area (Å²) in [4.78, 5) is 21.6. The van der Waals surface area contributed by atoms with Crippen LogP contribution in [0.25, 0.3) is 11.0 Å². The van der Waals surface area contributed by atoms with Crippen molar-refractivity contribution in [1.29, 1.82) is 0 Å². The first kappa shape index (κ1) is 14.5. The summed E-state index contributed by atoms with van der Waals surface area (Å²) in [5, 5.41) is 5.06. The number of H-pyrrole nitrogens is 1. The number of aromatic nitrogens is 2. The molecule has 0 fully saturated rings. The molecule has 23 heavy (non-hydrogen) atoms.